The molecule has 0 fully saturated rings. The number of aromatic amines is 2. The summed E-state index contributed by atoms with van der Waals surface area (Å²) in [6, 6.07) is 30.9. The number of hydrogen-bond donors (Lipinski definition) is 2. The van der Waals surface area contributed by atoms with Crippen LogP contribution < -0.4 is 0 Å². The largest absolute Gasteiger partial charge is 0.354 e. The van der Waals surface area contributed by atoms with Gasteiger partial charge in [-0.05, 0) is 42.0 Å². The van der Waals surface area contributed by atoms with Gasteiger partial charge in [-0.1, -0.05) is 48.5 Å². The van der Waals surface area contributed by atoms with Crippen LogP contribution in [0.4, 0.5) is 0 Å². The van der Waals surface area contributed by atoms with Crippen molar-refractivity contribution in [3.05, 3.63) is 84.9 Å². The fourth-order valence-corrected chi connectivity index (χ4v) is 4.15. The van der Waals surface area contributed by atoms with E-state index in [9.17, 15) is 0 Å². The Hall–Kier alpha value is -3.52. The predicted octanol–water partition coefficient (Wildman–Crippen LogP) is 6.42. The minimum Gasteiger partial charge on any atom is -0.354 e. The van der Waals surface area contributed by atoms with Gasteiger partial charge in [-0.2, -0.15) is 0 Å². The van der Waals surface area contributed by atoms with Crippen LogP contribution in [0.3, 0.4) is 0 Å². The van der Waals surface area contributed by atoms with Crippen LogP contribution in [0.2, 0.25) is 0 Å². The molecule has 0 saturated carbocycles. The van der Waals surface area contributed by atoms with Gasteiger partial charge >= 0.3 is 0 Å². The number of rotatable bonds is 1. The molecule has 26 heavy (non-hydrogen) atoms. The highest BCUT2D eigenvalue weighted by Crippen LogP contribution is 2.38. The van der Waals surface area contributed by atoms with Crippen LogP contribution >= 0.6 is 0 Å². The van der Waals surface area contributed by atoms with Gasteiger partial charge in [0.25, 0.3) is 0 Å². The molecule has 0 spiro atoms. The topological polar surface area (TPSA) is 31.6 Å². The molecular formula is C24H15N2. The lowest BCUT2D eigenvalue weighted by Crippen LogP contribution is -1.82. The molecule has 2 nitrogen and oxygen atoms in total. The van der Waals surface area contributed by atoms with Gasteiger partial charge < -0.3 is 9.97 Å². The molecule has 1 radical (unpaired) electrons. The lowest BCUT2D eigenvalue weighted by atomic mass is 9.97. The summed E-state index contributed by atoms with van der Waals surface area (Å²) in [5.74, 6) is 0. The van der Waals surface area contributed by atoms with E-state index in [0.717, 1.165) is 11.0 Å². The van der Waals surface area contributed by atoms with Crippen LogP contribution in [0, 0.1) is 6.07 Å². The van der Waals surface area contributed by atoms with E-state index in [1.807, 2.05) is 0 Å². The molecule has 121 valence electrons. The number of H-pyrrole nitrogens is 2. The highest BCUT2D eigenvalue weighted by atomic mass is 14.7. The van der Waals surface area contributed by atoms with Gasteiger partial charge in [0, 0.05) is 43.7 Å². The summed E-state index contributed by atoms with van der Waals surface area (Å²) in [6.07, 6.45) is 0. The van der Waals surface area contributed by atoms with Gasteiger partial charge in [-0.15, -0.1) is 0 Å². The highest BCUT2D eigenvalue weighted by molar-refractivity contribution is 6.18. The number of nitrogens with one attached hydrogen (secondary N) is 2. The van der Waals surface area contributed by atoms with Gasteiger partial charge in [-0.25, -0.2) is 0 Å². The third-order valence-electron chi connectivity index (χ3n) is 5.29. The van der Waals surface area contributed by atoms with Crippen LogP contribution in [0.15, 0.2) is 78.9 Å². The third-order valence-corrected chi connectivity index (χ3v) is 5.29. The van der Waals surface area contributed by atoms with Gasteiger partial charge in [0.1, 0.15) is 0 Å². The van der Waals surface area contributed by atoms with Crippen LogP contribution in [0.25, 0.3) is 54.7 Å². The second-order valence-corrected chi connectivity index (χ2v) is 6.73. The first-order chi connectivity index (χ1) is 12.9. The molecule has 6 aromatic rings. The number of fused-ring (bicyclic) bond motifs is 6. The van der Waals surface area contributed by atoms with Crippen molar-refractivity contribution in [2.75, 3.05) is 0 Å². The Kier molecular flexibility index (Phi) is 2.64. The van der Waals surface area contributed by atoms with Gasteiger partial charge in [0.2, 0.25) is 0 Å². The van der Waals surface area contributed by atoms with E-state index in [2.05, 4.69) is 94.9 Å². The molecule has 0 amide bonds. The predicted molar refractivity (Wildman–Crippen MR) is 109 cm³/mol. The maximum atomic E-state index is 3.62. The normalized spacial score (nSPS) is 11.8. The Labute approximate surface area is 150 Å². The molecule has 2 heteroatoms. The zero-order valence-electron chi connectivity index (χ0n) is 14.0. The average Bonchev–Trinajstić information content (AvgIpc) is 3.26. The summed E-state index contributed by atoms with van der Waals surface area (Å²) in [5, 5.41) is 4.98. The molecule has 0 unspecified atom stereocenters. The van der Waals surface area contributed by atoms with Crippen molar-refractivity contribution in [2.24, 2.45) is 0 Å². The molecule has 4 aromatic carbocycles. The van der Waals surface area contributed by atoms with E-state index in [1.165, 1.54) is 43.7 Å². The Morgan fingerprint density at radius 1 is 0.538 bits per heavy atom. The lowest BCUT2D eigenvalue weighted by molar-refractivity contribution is 1.53. The van der Waals surface area contributed by atoms with Crippen molar-refractivity contribution < 1.29 is 0 Å². The van der Waals surface area contributed by atoms with E-state index >= 15 is 0 Å². The molecule has 0 atom stereocenters. The summed E-state index contributed by atoms with van der Waals surface area (Å²) >= 11 is 0. The molecular weight excluding hydrogens is 316 g/mol. The van der Waals surface area contributed by atoms with E-state index < -0.39 is 0 Å². The highest BCUT2D eigenvalue weighted by Gasteiger charge is 2.14. The van der Waals surface area contributed by atoms with Crippen LogP contribution in [0.1, 0.15) is 0 Å². The van der Waals surface area contributed by atoms with E-state index in [1.54, 1.807) is 0 Å². The molecule has 2 N–H and O–H groups in total. The first kappa shape index (κ1) is 13.7. The zero-order chi connectivity index (χ0) is 17.1. The minimum atomic E-state index is 1.16. The maximum Gasteiger partial charge on any atom is 0.0545 e. The van der Waals surface area contributed by atoms with E-state index in [4.69, 9.17) is 0 Å². The monoisotopic (exact) mass is 331 g/mol. The molecule has 0 aliphatic heterocycles. The standard InChI is InChI=1S/C24H15N2/c1-3-12-20-15(7-1)17-10-5-11-18(24(17)26-20)16-9-6-14-22-23(16)19-8-2-4-13-21(19)25-22/h1-4,6-14,25-26H. The molecule has 0 aliphatic carbocycles. The third kappa shape index (κ3) is 1.76. The number of benzene rings is 4. The number of hydrogen-bond acceptors (Lipinski definition) is 0. The first-order valence-electron chi connectivity index (χ1n) is 8.80. The molecule has 6 rings (SSSR count). The second kappa shape index (κ2) is 4.99. The molecule has 2 heterocycles. The first-order valence-corrected chi connectivity index (χ1v) is 8.80. The fraction of sp³-hybridized carbons (Fsp3) is 0. The van der Waals surface area contributed by atoms with Crippen molar-refractivity contribution >= 4 is 43.6 Å². The van der Waals surface area contributed by atoms with Crippen molar-refractivity contribution in [3.8, 4) is 11.1 Å². The van der Waals surface area contributed by atoms with Gasteiger partial charge in [-0.3, -0.25) is 0 Å². The van der Waals surface area contributed by atoms with Crippen molar-refractivity contribution in [3.63, 3.8) is 0 Å². The van der Waals surface area contributed by atoms with Crippen molar-refractivity contribution in [1.82, 2.24) is 9.97 Å². The molecule has 0 aliphatic rings. The Bertz CT molecular complexity index is 1430. The van der Waals surface area contributed by atoms with Gasteiger partial charge in [0.05, 0.1) is 5.52 Å². The summed E-state index contributed by atoms with van der Waals surface area (Å²) in [5.41, 5.74) is 7.08. The van der Waals surface area contributed by atoms with Crippen molar-refractivity contribution in [1.29, 1.82) is 0 Å². The SMILES string of the molecule is [c]1cc(-c2cccc3[nH]c4ccccc4c23)c2[nH]c3ccccc3c2c1. The average molecular weight is 331 g/mol. The summed E-state index contributed by atoms with van der Waals surface area (Å²) < 4.78 is 0. The van der Waals surface area contributed by atoms with Crippen LogP contribution in [-0.2, 0) is 0 Å². The molecule has 0 saturated heterocycles. The molecule has 0 bridgehead atoms. The smallest absolute Gasteiger partial charge is 0.0545 e. The molecule has 2 aromatic heterocycles. The summed E-state index contributed by atoms with van der Waals surface area (Å²) in [7, 11) is 0. The zero-order valence-corrected chi connectivity index (χ0v) is 14.0. The van der Waals surface area contributed by atoms with E-state index in [0.29, 0.717) is 0 Å². The Morgan fingerprint density at radius 2 is 1.27 bits per heavy atom. The van der Waals surface area contributed by atoms with Crippen molar-refractivity contribution in [2.45, 2.75) is 0 Å². The Morgan fingerprint density at radius 3 is 2.15 bits per heavy atom. The van der Waals surface area contributed by atoms with Gasteiger partial charge in [0.15, 0.2) is 0 Å². The fourth-order valence-electron chi connectivity index (χ4n) is 4.15. The minimum absolute atomic E-state index is 1.16. The quantitative estimate of drug-likeness (QED) is 0.348. The number of aromatic nitrogens is 2. The van der Waals surface area contributed by atoms with Crippen LogP contribution in [0.5, 0.6) is 0 Å². The summed E-state index contributed by atoms with van der Waals surface area (Å²) in [6.45, 7) is 0. The summed E-state index contributed by atoms with van der Waals surface area (Å²) in [4.78, 5) is 7.16. The Balaban J connectivity index is 1.79. The maximum absolute atomic E-state index is 3.62. The lowest BCUT2D eigenvalue weighted by Gasteiger charge is -2.06. The van der Waals surface area contributed by atoms with E-state index in [-0.39, 0.29) is 0 Å². The second-order valence-electron chi connectivity index (χ2n) is 6.73. The number of para-hydroxylation sites is 2. The van der Waals surface area contributed by atoms with Crippen LogP contribution in [-0.4, -0.2) is 9.97 Å².